The van der Waals surface area contributed by atoms with Crippen molar-refractivity contribution in [1.82, 2.24) is 9.29 Å². The highest BCUT2D eigenvalue weighted by Gasteiger charge is 2.28. The van der Waals surface area contributed by atoms with E-state index >= 15 is 0 Å². The van der Waals surface area contributed by atoms with Gasteiger partial charge in [-0.2, -0.15) is 4.31 Å². The Morgan fingerprint density at radius 3 is 2.56 bits per heavy atom. The van der Waals surface area contributed by atoms with Gasteiger partial charge in [-0.05, 0) is 61.2 Å². The number of benzene rings is 2. The SMILES string of the molecule is CC(=O)Nc1ccc2nc(NC(=O)c3ccc(S(=O)(=O)N4CCCC(C)C4)cc3)sc2c1. The van der Waals surface area contributed by atoms with Gasteiger partial charge in [-0.1, -0.05) is 18.3 Å². The van der Waals surface area contributed by atoms with Crippen molar-refractivity contribution in [3.63, 3.8) is 0 Å². The second-order valence-electron chi connectivity index (χ2n) is 7.97. The molecule has 168 valence electrons. The van der Waals surface area contributed by atoms with Crippen molar-refractivity contribution < 1.29 is 18.0 Å². The summed E-state index contributed by atoms with van der Waals surface area (Å²) in [6.45, 7) is 4.53. The quantitative estimate of drug-likeness (QED) is 0.585. The molecule has 1 aliphatic heterocycles. The molecule has 1 saturated heterocycles. The predicted molar refractivity (Wildman–Crippen MR) is 125 cm³/mol. The van der Waals surface area contributed by atoms with Crippen molar-refractivity contribution in [2.45, 2.75) is 31.6 Å². The molecule has 0 saturated carbocycles. The molecule has 1 aromatic heterocycles. The fourth-order valence-corrected chi connectivity index (χ4v) is 6.22. The molecule has 1 fully saturated rings. The molecule has 10 heteroatoms. The second-order valence-corrected chi connectivity index (χ2v) is 10.9. The average Bonchev–Trinajstić information content (AvgIpc) is 3.15. The highest BCUT2D eigenvalue weighted by molar-refractivity contribution is 7.89. The van der Waals surface area contributed by atoms with Gasteiger partial charge in [0.05, 0.1) is 15.1 Å². The molecular formula is C22H24N4O4S2. The first kappa shape index (κ1) is 22.4. The summed E-state index contributed by atoms with van der Waals surface area (Å²) in [7, 11) is -3.57. The summed E-state index contributed by atoms with van der Waals surface area (Å²) in [6.07, 6.45) is 1.89. The van der Waals surface area contributed by atoms with Crippen LogP contribution in [0.2, 0.25) is 0 Å². The zero-order chi connectivity index (χ0) is 22.9. The molecule has 4 rings (SSSR count). The van der Waals surface area contributed by atoms with E-state index in [1.54, 1.807) is 18.2 Å². The van der Waals surface area contributed by atoms with Gasteiger partial charge in [0.15, 0.2) is 5.13 Å². The van der Waals surface area contributed by atoms with Crippen LogP contribution < -0.4 is 10.6 Å². The maximum absolute atomic E-state index is 12.9. The van der Waals surface area contributed by atoms with Crippen LogP contribution >= 0.6 is 11.3 Å². The molecule has 2 heterocycles. The zero-order valence-electron chi connectivity index (χ0n) is 17.8. The molecule has 0 aliphatic carbocycles. The topological polar surface area (TPSA) is 108 Å². The molecule has 32 heavy (non-hydrogen) atoms. The molecule has 0 spiro atoms. The summed E-state index contributed by atoms with van der Waals surface area (Å²) in [6, 6.07) is 11.3. The van der Waals surface area contributed by atoms with E-state index < -0.39 is 10.0 Å². The molecular weight excluding hydrogens is 448 g/mol. The third kappa shape index (κ3) is 4.82. The minimum atomic E-state index is -3.57. The standard InChI is InChI=1S/C22H24N4O4S2/c1-14-4-3-11-26(13-14)32(29,30)18-8-5-16(6-9-18)21(28)25-22-24-19-10-7-17(23-15(2)27)12-20(19)31-22/h5-10,12,14H,3-4,11,13H2,1-2H3,(H,23,27)(H,24,25,28). The van der Waals surface area contributed by atoms with E-state index in [4.69, 9.17) is 0 Å². The van der Waals surface area contributed by atoms with Crippen LogP contribution in [-0.2, 0) is 14.8 Å². The summed E-state index contributed by atoms with van der Waals surface area (Å²) in [5, 5.41) is 5.89. The molecule has 2 N–H and O–H groups in total. The smallest absolute Gasteiger partial charge is 0.257 e. The molecule has 1 aliphatic rings. The fraction of sp³-hybridized carbons (Fsp3) is 0.318. The third-order valence-corrected chi connectivity index (χ3v) is 8.12. The van der Waals surface area contributed by atoms with E-state index in [9.17, 15) is 18.0 Å². The summed E-state index contributed by atoms with van der Waals surface area (Å²) in [5.41, 5.74) is 1.71. The van der Waals surface area contributed by atoms with Gasteiger partial charge in [0, 0.05) is 31.3 Å². The Hall–Kier alpha value is -2.82. The number of aromatic nitrogens is 1. The number of carbonyl (C=O) groups excluding carboxylic acids is 2. The fourth-order valence-electron chi connectivity index (χ4n) is 3.72. The maximum atomic E-state index is 12.9. The van der Waals surface area contributed by atoms with Gasteiger partial charge in [0.2, 0.25) is 15.9 Å². The van der Waals surface area contributed by atoms with Crippen LogP contribution in [0.3, 0.4) is 0 Å². The number of hydrogen-bond acceptors (Lipinski definition) is 6. The van der Waals surface area contributed by atoms with Gasteiger partial charge in [-0.25, -0.2) is 13.4 Å². The van der Waals surface area contributed by atoms with E-state index in [1.807, 2.05) is 0 Å². The molecule has 1 atom stereocenters. The largest absolute Gasteiger partial charge is 0.326 e. The number of nitrogens with zero attached hydrogens (tertiary/aromatic N) is 2. The minimum Gasteiger partial charge on any atom is -0.326 e. The van der Waals surface area contributed by atoms with Crippen LogP contribution in [0.1, 0.15) is 37.0 Å². The lowest BCUT2D eigenvalue weighted by atomic mass is 10.0. The summed E-state index contributed by atoms with van der Waals surface area (Å²) in [4.78, 5) is 28.5. The number of anilines is 2. The molecule has 8 nitrogen and oxygen atoms in total. The van der Waals surface area contributed by atoms with Crippen molar-refractivity contribution in [2.24, 2.45) is 5.92 Å². The van der Waals surface area contributed by atoms with E-state index in [-0.39, 0.29) is 16.7 Å². The van der Waals surface area contributed by atoms with Crippen LogP contribution in [-0.4, -0.2) is 42.6 Å². The van der Waals surface area contributed by atoms with Crippen molar-refractivity contribution in [3.05, 3.63) is 48.0 Å². The molecule has 1 unspecified atom stereocenters. The lowest BCUT2D eigenvalue weighted by Crippen LogP contribution is -2.39. The van der Waals surface area contributed by atoms with Crippen LogP contribution in [0.4, 0.5) is 10.8 Å². The molecule has 0 bridgehead atoms. The molecule has 3 aromatic rings. The highest BCUT2D eigenvalue weighted by atomic mass is 32.2. The number of piperidine rings is 1. The number of fused-ring (bicyclic) bond motifs is 1. The number of hydrogen-bond donors (Lipinski definition) is 2. The monoisotopic (exact) mass is 472 g/mol. The average molecular weight is 473 g/mol. The molecule has 2 aromatic carbocycles. The van der Waals surface area contributed by atoms with Crippen molar-refractivity contribution in [2.75, 3.05) is 23.7 Å². The normalized spacial score (nSPS) is 17.2. The number of nitrogens with one attached hydrogen (secondary N) is 2. The summed E-state index contributed by atoms with van der Waals surface area (Å²) >= 11 is 1.29. The molecule has 2 amide bonds. The zero-order valence-corrected chi connectivity index (χ0v) is 19.4. The van der Waals surface area contributed by atoms with Gasteiger partial charge in [0.1, 0.15) is 0 Å². The van der Waals surface area contributed by atoms with Gasteiger partial charge < -0.3 is 5.32 Å². The van der Waals surface area contributed by atoms with Crippen LogP contribution in [0.25, 0.3) is 10.2 Å². The third-order valence-electron chi connectivity index (χ3n) is 5.30. The van der Waals surface area contributed by atoms with Crippen molar-refractivity contribution >= 4 is 54.2 Å². The number of thiazole rings is 1. The van der Waals surface area contributed by atoms with Crippen molar-refractivity contribution in [3.8, 4) is 0 Å². The van der Waals surface area contributed by atoms with Gasteiger partial charge in [-0.3, -0.25) is 14.9 Å². The van der Waals surface area contributed by atoms with Gasteiger partial charge >= 0.3 is 0 Å². The highest BCUT2D eigenvalue weighted by Crippen LogP contribution is 2.29. The van der Waals surface area contributed by atoms with Crippen LogP contribution in [0, 0.1) is 5.92 Å². The number of amides is 2. The Labute approximate surface area is 190 Å². The maximum Gasteiger partial charge on any atom is 0.257 e. The number of carbonyl (C=O) groups is 2. The first-order valence-corrected chi connectivity index (χ1v) is 12.6. The molecule has 0 radical (unpaired) electrons. The van der Waals surface area contributed by atoms with E-state index in [2.05, 4.69) is 22.5 Å². The van der Waals surface area contributed by atoms with E-state index in [0.717, 1.165) is 17.5 Å². The van der Waals surface area contributed by atoms with Gasteiger partial charge in [-0.15, -0.1) is 0 Å². The summed E-state index contributed by atoms with van der Waals surface area (Å²) in [5.74, 6) is -0.198. The number of sulfonamides is 1. The van der Waals surface area contributed by atoms with Gasteiger partial charge in [0.25, 0.3) is 5.91 Å². The lowest BCUT2D eigenvalue weighted by molar-refractivity contribution is -0.114. The van der Waals surface area contributed by atoms with Crippen LogP contribution in [0.5, 0.6) is 0 Å². The second kappa shape index (κ2) is 8.97. The summed E-state index contributed by atoms with van der Waals surface area (Å²) < 4.78 is 28.1. The number of rotatable bonds is 5. The Morgan fingerprint density at radius 2 is 1.88 bits per heavy atom. The van der Waals surface area contributed by atoms with E-state index in [1.165, 1.54) is 46.8 Å². The predicted octanol–water partition coefficient (Wildman–Crippen LogP) is 3.93. The minimum absolute atomic E-state index is 0.164. The first-order valence-electron chi connectivity index (χ1n) is 10.3. The Bertz CT molecular complexity index is 1270. The Balaban J connectivity index is 1.47. The first-order chi connectivity index (χ1) is 15.2. The van der Waals surface area contributed by atoms with Crippen molar-refractivity contribution in [1.29, 1.82) is 0 Å². The Kier molecular flexibility index (Phi) is 6.27. The van der Waals surface area contributed by atoms with Crippen LogP contribution in [0.15, 0.2) is 47.4 Å². The Morgan fingerprint density at radius 1 is 1.12 bits per heavy atom. The lowest BCUT2D eigenvalue weighted by Gasteiger charge is -2.30. The van der Waals surface area contributed by atoms with E-state index in [0.29, 0.717) is 40.9 Å².